The summed E-state index contributed by atoms with van der Waals surface area (Å²) in [4.78, 5) is 13.6. The number of carbonyl (C=O) groups is 1. The van der Waals surface area contributed by atoms with Gasteiger partial charge in [-0.05, 0) is 40.5 Å². The van der Waals surface area contributed by atoms with Gasteiger partial charge >= 0.3 is 6.09 Å². The Morgan fingerprint density at radius 3 is 2.41 bits per heavy atom. The van der Waals surface area contributed by atoms with Crippen LogP contribution in [0.15, 0.2) is 0 Å². The normalized spacial score (nSPS) is 18.6. The van der Waals surface area contributed by atoms with Crippen LogP contribution in [-0.4, -0.2) is 61.4 Å². The van der Waals surface area contributed by atoms with Crippen LogP contribution in [0.1, 0.15) is 40.5 Å². The molecule has 0 aromatic heterocycles. The van der Waals surface area contributed by atoms with E-state index in [4.69, 9.17) is 9.47 Å². The van der Waals surface area contributed by atoms with Crippen molar-refractivity contribution in [1.29, 1.82) is 0 Å². The highest BCUT2D eigenvalue weighted by molar-refractivity contribution is 5.68. The molecule has 22 heavy (non-hydrogen) atoms. The topological polar surface area (TPSA) is 50.8 Å². The first-order valence-electron chi connectivity index (χ1n) is 7.80. The van der Waals surface area contributed by atoms with Crippen molar-refractivity contribution >= 4 is 6.09 Å². The van der Waals surface area contributed by atoms with Crippen molar-refractivity contribution in [2.24, 2.45) is 0 Å². The van der Waals surface area contributed by atoms with Crippen LogP contribution in [0.2, 0.25) is 0 Å². The second kappa shape index (κ2) is 8.62. The van der Waals surface area contributed by atoms with Gasteiger partial charge in [0.1, 0.15) is 5.60 Å². The van der Waals surface area contributed by atoms with Crippen LogP contribution in [0, 0.1) is 0 Å². The molecule has 0 saturated carbocycles. The molecule has 0 aromatic carbocycles. The molecule has 1 fully saturated rings. The van der Waals surface area contributed by atoms with Crippen molar-refractivity contribution in [3.05, 3.63) is 0 Å². The van der Waals surface area contributed by atoms with E-state index < -0.39 is 18.1 Å². The summed E-state index contributed by atoms with van der Waals surface area (Å²) in [6, 6.07) is -0.822. The number of carbonyl (C=O) groups excluding carboxylic acids is 1. The Labute approximate surface area is 131 Å². The molecule has 0 bridgehead atoms. The molecule has 1 aliphatic rings. The molecule has 1 atom stereocenters. The number of rotatable bonds is 6. The molecule has 1 N–H and O–H groups in total. The Bertz CT molecular complexity index is 340. The molecular formula is C15H28F2N2O3. The third-order valence-electron chi connectivity index (χ3n) is 3.39. The van der Waals surface area contributed by atoms with E-state index >= 15 is 0 Å². The molecular weight excluding hydrogens is 294 g/mol. The molecule has 7 heteroatoms. The third-order valence-corrected chi connectivity index (χ3v) is 3.39. The fourth-order valence-corrected chi connectivity index (χ4v) is 2.13. The Morgan fingerprint density at radius 1 is 1.32 bits per heavy atom. The minimum Gasteiger partial charge on any atom is -0.444 e. The lowest BCUT2D eigenvalue weighted by Gasteiger charge is -2.33. The summed E-state index contributed by atoms with van der Waals surface area (Å²) in [6.45, 7) is 8.97. The maximum atomic E-state index is 12.3. The van der Waals surface area contributed by atoms with Crippen molar-refractivity contribution in [3.8, 4) is 0 Å². The second-order valence-electron chi connectivity index (χ2n) is 6.61. The fraction of sp³-hybridized carbons (Fsp3) is 0.933. The van der Waals surface area contributed by atoms with Gasteiger partial charge in [-0.3, -0.25) is 0 Å². The van der Waals surface area contributed by atoms with Crippen molar-refractivity contribution in [3.63, 3.8) is 0 Å². The zero-order chi connectivity index (χ0) is 16.8. The minimum atomic E-state index is -2.36. The monoisotopic (exact) mass is 322 g/mol. The van der Waals surface area contributed by atoms with Gasteiger partial charge in [-0.25, -0.2) is 13.6 Å². The van der Waals surface area contributed by atoms with E-state index in [1.165, 1.54) is 6.92 Å². The first kappa shape index (κ1) is 19.1. The zero-order valence-electron chi connectivity index (χ0n) is 13.9. The average Bonchev–Trinajstić information content (AvgIpc) is 2.42. The number of hydrogen-bond acceptors (Lipinski definition) is 4. The molecule has 1 rings (SSSR count). The van der Waals surface area contributed by atoms with Gasteiger partial charge < -0.3 is 19.7 Å². The third kappa shape index (κ3) is 7.35. The molecule has 5 nitrogen and oxygen atoms in total. The summed E-state index contributed by atoms with van der Waals surface area (Å²) in [5.41, 5.74) is -0.489. The lowest BCUT2D eigenvalue weighted by molar-refractivity contribution is -0.0116. The van der Waals surface area contributed by atoms with Gasteiger partial charge in [0.25, 0.3) is 6.43 Å². The number of nitrogens with one attached hydrogen (secondary N) is 1. The number of piperidine rings is 1. The number of likely N-dealkylation sites (tertiary alicyclic amines) is 1. The molecule has 0 aromatic rings. The van der Waals surface area contributed by atoms with Crippen molar-refractivity contribution in [2.45, 2.75) is 64.7 Å². The van der Waals surface area contributed by atoms with Gasteiger partial charge in [0, 0.05) is 19.6 Å². The Morgan fingerprint density at radius 2 is 1.91 bits per heavy atom. The second-order valence-corrected chi connectivity index (χ2v) is 6.61. The lowest BCUT2D eigenvalue weighted by Crippen LogP contribution is -2.44. The number of hydrogen-bond donors (Lipinski definition) is 1. The van der Waals surface area contributed by atoms with Crippen LogP contribution < -0.4 is 5.32 Å². The summed E-state index contributed by atoms with van der Waals surface area (Å²) in [6.07, 6.45) is -1.11. The van der Waals surface area contributed by atoms with E-state index in [2.05, 4.69) is 5.32 Å². The molecule has 1 amide bonds. The average molecular weight is 322 g/mol. The summed E-state index contributed by atoms with van der Waals surface area (Å²) in [7, 11) is 0. The van der Waals surface area contributed by atoms with Gasteiger partial charge in [-0.2, -0.15) is 0 Å². The maximum absolute atomic E-state index is 12.3. The predicted octanol–water partition coefficient (Wildman–Crippen LogP) is 2.65. The van der Waals surface area contributed by atoms with Gasteiger partial charge in [-0.15, -0.1) is 0 Å². The molecule has 0 spiro atoms. The van der Waals surface area contributed by atoms with E-state index in [0.29, 0.717) is 26.2 Å². The fourth-order valence-electron chi connectivity index (χ4n) is 2.13. The van der Waals surface area contributed by atoms with E-state index in [1.807, 2.05) is 20.8 Å². The smallest absolute Gasteiger partial charge is 0.410 e. The van der Waals surface area contributed by atoms with Crippen LogP contribution in [0.3, 0.4) is 0 Å². The minimum absolute atomic E-state index is 0.0716. The van der Waals surface area contributed by atoms with E-state index in [-0.39, 0.29) is 12.2 Å². The van der Waals surface area contributed by atoms with Gasteiger partial charge in [0.05, 0.1) is 18.8 Å². The largest absolute Gasteiger partial charge is 0.444 e. The van der Waals surface area contributed by atoms with E-state index in [0.717, 1.165) is 12.8 Å². The summed E-state index contributed by atoms with van der Waals surface area (Å²) in [5, 5.41) is 2.71. The van der Waals surface area contributed by atoms with E-state index in [1.54, 1.807) is 4.90 Å². The highest BCUT2D eigenvalue weighted by Crippen LogP contribution is 2.17. The van der Waals surface area contributed by atoms with Crippen LogP contribution in [0.4, 0.5) is 13.6 Å². The number of alkyl halides is 2. The van der Waals surface area contributed by atoms with Crippen molar-refractivity contribution in [2.75, 3.05) is 26.2 Å². The van der Waals surface area contributed by atoms with Gasteiger partial charge in [0.15, 0.2) is 0 Å². The first-order valence-corrected chi connectivity index (χ1v) is 7.80. The number of amides is 1. The molecule has 1 saturated heterocycles. The predicted molar refractivity (Wildman–Crippen MR) is 80.2 cm³/mol. The summed E-state index contributed by atoms with van der Waals surface area (Å²) >= 11 is 0. The van der Waals surface area contributed by atoms with Crippen LogP contribution in [-0.2, 0) is 9.47 Å². The standard InChI is InChI=1S/C15H28F2N2O3/c1-11(13(16)17)18-7-10-21-12-5-8-19(9-6-12)14(20)22-15(2,3)4/h11-13,18H,5-10H2,1-4H3. The first-order chi connectivity index (χ1) is 10.2. The maximum Gasteiger partial charge on any atom is 0.410 e. The highest BCUT2D eigenvalue weighted by Gasteiger charge is 2.27. The lowest BCUT2D eigenvalue weighted by atomic mass is 10.1. The van der Waals surface area contributed by atoms with Crippen molar-refractivity contribution in [1.82, 2.24) is 10.2 Å². The van der Waals surface area contributed by atoms with Crippen LogP contribution in [0.25, 0.3) is 0 Å². The highest BCUT2D eigenvalue weighted by atomic mass is 19.3. The molecule has 1 heterocycles. The van der Waals surface area contributed by atoms with E-state index in [9.17, 15) is 13.6 Å². The van der Waals surface area contributed by atoms with Crippen molar-refractivity contribution < 1.29 is 23.0 Å². The van der Waals surface area contributed by atoms with Gasteiger partial charge in [0.2, 0.25) is 0 Å². The Hall–Kier alpha value is -0.950. The zero-order valence-corrected chi connectivity index (χ0v) is 13.9. The quantitative estimate of drug-likeness (QED) is 0.764. The molecule has 1 unspecified atom stereocenters. The number of halogens is 2. The number of ether oxygens (including phenoxy) is 2. The molecule has 130 valence electrons. The van der Waals surface area contributed by atoms with Gasteiger partial charge in [-0.1, -0.05) is 0 Å². The molecule has 1 aliphatic heterocycles. The summed E-state index contributed by atoms with van der Waals surface area (Å²) in [5.74, 6) is 0. The SMILES string of the molecule is CC(NCCOC1CCN(C(=O)OC(C)(C)C)CC1)C(F)F. The molecule has 0 aliphatic carbocycles. The van der Waals surface area contributed by atoms with Crippen LogP contribution in [0.5, 0.6) is 0 Å². The van der Waals surface area contributed by atoms with Crippen LogP contribution >= 0.6 is 0 Å². The molecule has 0 radical (unpaired) electrons. The summed E-state index contributed by atoms with van der Waals surface area (Å²) < 4.78 is 35.6. The Balaban J connectivity index is 2.16. The Kier molecular flexibility index (Phi) is 7.48. The number of nitrogens with zero attached hydrogens (tertiary/aromatic N) is 1.